The van der Waals surface area contributed by atoms with E-state index in [1.54, 1.807) is 0 Å². The molecule has 118 valence electrons. The predicted molar refractivity (Wildman–Crippen MR) is 81.8 cm³/mol. The van der Waals surface area contributed by atoms with E-state index in [0.29, 0.717) is 19.0 Å². The first-order chi connectivity index (χ1) is 9.95. The molecule has 1 saturated heterocycles. The third-order valence-corrected chi connectivity index (χ3v) is 6.00. The topological polar surface area (TPSA) is 63.4 Å². The Morgan fingerprint density at radius 1 is 1.33 bits per heavy atom. The lowest BCUT2D eigenvalue weighted by atomic mass is 9.96. The van der Waals surface area contributed by atoms with Crippen LogP contribution in [0.25, 0.3) is 0 Å². The maximum atomic E-state index is 13.2. The van der Waals surface area contributed by atoms with Crippen LogP contribution in [0, 0.1) is 11.7 Å². The van der Waals surface area contributed by atoms with Gasteiger partial charge in [0.05, 0.1) is 10.6 Å². The summed E-state index contributed by atoms with van der Waals surface area (Å²) in [6.45, 7) is 3.21. The van der Waals surface area contributed by atoms with Gasteiger partial charge >= 0.3 is 0 Å². The van der Waals surface area contributed by atoms with Gasteiger partial charge in [0, 0.05) is 13.1 Å². The quantitative estimate of drug-likeness (QED) is 0.869. The van der Waals surface area contributed by atoms with E-state index in [0.717, 1.165) is 38.2 Å². The minimum atomic E-state index is -3.58. The minimum Gasteiger partial charge on any atom is -0.396 e. The van der Waals surface area contributed by atoms with Crippen LogP contribution in [0.3, 0.4) is 0 Å². The summed E-state index contributed by atoms with van der Waals surface area (Å²) in [4.78, 5) is 0.0790. The number of benzene rings is 1. The molecule has 0 bridgehead atoms. The van der Waals surface area contributed by atoms with Crippen LogP contribution in [0.15, 0.2) is 23.1 Å². The van der Waals surface area contributed by atoms with Gasteiger partial charge in [-0.15, -0.1) is 0 Å². The number of rotatable bonds is 4. The molecule has 21 heavy (non-hydrogen) atoms. The van der Waals surface area contributed by atoms with Gasteiger partial charge in [-0.25, -0.2) is 12.8 Å². The zero-order valence-electron chi connectivity index (χ0n) is 12.4. The van der Waals surface area contributed by atoms with Crippen LogP contribution in [0.4, 0.5) is 10.1 Å². The SMILES string of the molecule is CCCC1CCCN(S(=O)(=O)c2ccc(F)c(N)c2)CC1. The fourth-order valence-corrected chi connectivity index (χ4v) is 4.44. The van der Waals surface area contributed by atoms with Crippen molar-refractivity contribution in [2.75, 3.05) is 18.8 Å². The molecule has 1 fully saturated rings. The van der Waals surface area contributed by atoms with Crippen LogP contribution in [0.1, 0.15) is 39.0 Å². The van der Waals surface area contributed by atoms with Gasteiger partial charge in [0.25, 0.3) is 0 Å². The number of anilines is 1. The highest BCUT2D eigenvalue weighted by Gasteiger charge is 2.27. The second-order valence-electron chi connectivity index (χ2n) is 5.67. The largest absolute Gasteiger partial charge is 0.396 e. The summed E-state index contributed by atoms with van der Waals surface area (Å²) in [5.41, 5.74) is 5.35. The number of nitrogen functional groups attached to an aromatic ring is 1. The van der Waals surface area contributed by atoms with E-state index in [1.165, 1.54) is 16.4 Å². The molecule has 1 aliphatic rings. The smallest absolute Gasteiger partial charge is 0.243 e. The Kier molecular flexibility index (Phi) is 5.22. The third kappa shape index (κ3) is 3.74. The Morgan fingerprint density at radius 2 is 2.10 bits per heavy atom. The van der Waals surface area contributed by atoms with Crippen LogP contribution in [0.5, 0.6) is 0 Å². The number of nitrogens with zero attached hydrogens (tertiary/aromatic N) is 1. The molecule has 1 aromatic rings. The number of hydrogen-bond acceptors (Lipinski definition) is 3. The minimum absolute atomic E-state index is 0.0790. The summed E-state index contributed by atoms with van der Waals surface area (Å²) in [5, 5.41) is 0. The van der Waals surface area contributed by atoms with Crippen molar-refractivity contribution in [1.29, 1.82) is 0 Å². The lowest BCUT2D eigenvalue weighted by Gasteiger charge is -2.20. The standard InChI is InChI=1S/C15H23FN2O2S/c1-2-4-12-5-3-9-18(10-8-12)21(19,20)13-6-7-14(16)15(17)11-13/h6-7,11-12H,2-5,8-10,17H2,1H3. The molecule has 0 saturated carbocycles. The van der Waals surface area contributed by atoms with E-state index in [1.807, 2.05) is 0 Å². The van der Waals surface area contributed by atoms with Gasteiger partial charge in [0.2, 0.25) is 10.0 Å². The van der Waals surface area contributed by atoms with Gasteiger partial charge in [0.1, 0.15) is 5.82 Å². The third-order valence-electron chi connectivity index (χ3n) is 4.11. The van der Waals surface area contributed by atoms with E-state index in [-0.39, 0.29) is 10.6 Å². The second-order valence-corrected chi connectivity index (χ2v) is 7.61. The molecule has 0 radical (unpaired) electrons. The Hall–Kier alpha value is -1.14. The van der Waals surface area contributed by atoms with E-state index in [2.05, 4.69) is 6.92 Å². The highest BCUT2D eigenvalue weighted by molar-refractivity contribution is 7.89. The first-order valence-corrected chi connectivity index (χ1v) is 8.94. The maximum Gasteiger partial charge on any atom is 0.243 e. The van der Waals surface area contributed by atoms with Crippen molar-refractivity contribution in [1.82, 2.24) is 4.31 Å². The van der Waals surface area contributed by atoms with Crippen molar-refractivity contribution in [3.8, 4) is 0 Å². The molecular formula is C15H23FN2O2S. The molecule has 1 heterocycles. The first-order valence-electron chi connectivity index (χ1n) is 7.50. The molecule has 0 aliphatic carbocycles. The zero-order chi connectivity index (χ0) is 15.5. The lowest BCUT2D eigenvalue weighted by molar-refractivity contribution is 0.400. The van der Waals surface area contributed by atoms with Crippen molar-refractivity contribution >= 4 is 15.7 Å². The van der Waals surface area contributed by atoms with Gasteiger partial charge in [0.15, 0.2) is 0 Å². The van der Waals surface area contributed by atoms with Gasteiger partial charge in [-0.3, -0.25) is 0 Å². The van der Waals surface area contributed by atoms with E-state index in [9.17, 15) is 12.8 Å². The molecule has 1 aromatic carbocycles. The van der Waals surface area contributed by atoms with E-state index >= 15 is 0 Å². The van der Waals surface area contributed by atoms with Crippen LogP contribution < -0.4 is 5.73 Å². The van der Waals surface area contributed by atoms with E-state index in [4.69, 9.17) is 5.73 Å². The monoisotopic (exact) mass is 314 g/mol. The molecule has 1 unspecified atom stereocenters. The summed E-state index contributed by atoms with van der Waals surface area (Å²) in [7, 11) is -3.58. The Balaban J connectivity index is 2.17. The number of nitrogens with two attached hydrogens (primary N) is 1. The van der Waals surface area contributed by atoms with Crippen molar-refractivity contribution in [3.63, 3.8) is 0 Å². The Bertz CT molecular complexity index is 589. The number of sulfonamides is 1. The maximum absolute atomic E-state index is 13.2. The fraction of sp³-hybridized carbons (Fsp3) is 0.600. The Labute approximate surface area is 126 Å². The van der Waals surface area contributed by atoms with Crippen LogP contribution >= 0.6 is 0 Å². The Morgan fingerprint density at radius 3 is 2.76 bits per heavy atom. The average molecular weight is 314 g/mol. The van der Waals surface area contributed by atoms with Crippen molar-refractivity contribution in [2.45, 2.75) is 43.9 Å². The van der Waals surface area contributed by atoms with Gasteiger partial charge in [-0.1, -0.05) is 19.8 Å². The molecular weight excluding hydrogens is 291 g/mol. The van der Waals surface area contributed by atoms with Crippen LogP contribution in [-0.2, 0) is 10.0 Å². The van der Waals surface area contributed by atoms with Gasteiger partial charge in [-0.05, 0) is 43.4 Å². The molecule has 0 amide bonds. The number of hydrogen-bond donors (Lipinski definition) is 1. The van der Waals surface area contributed by atoms with Crippen molar-refractivity contribution < 1.29 is 12.8 Å². The molecule has 1 aliphatic heterocycles. The van der Waals surface area contributed by atoms with Gasteiger partial charge < -0.3 is 5.73 Å². The molecule has 6 heteroatoms. The summed E-state index contributed by atoms with van der Waals surface area (Å²) in [6.07, 6.45) is 5.12. The molecule has 0 aromatic heterocycles. The van der Waals surface area contributed by atoms with Crippen LogP contribution in [-0.4, -0.2) is 25.8 Å². The summed E-state index contributed by atoms with van der Waals surface area (Å²) < 4.78 is 39.9. The van der Waals surface area contributed by atoms with Crippen LogP contribution in [0.2, 0.25) is 0 Å². The molecule has 2 N–H and O–H groups in total. The van der Waals surface area contributed by atoms with Crippen molar-refractivity contribution in [3.05, 3.63) is 24.0 Å². The lowest BCUT2D eigenvalue weighted by Crippen LogP contribution is -2.32. The summed E-state index contributed by atoms with van der Waals surface area (Å²) in [6, 6.07) is 3.61. The molecule has 1 atom stereocenters. The fourth-order valence-electron chi connectivity index (χ4n) is 2.91. The van der Waals surface area contributed by atoms with E-state index < -0.39 is 15.8 Å². The molecule has 0 spiro atoms. The second kappa shape index (κ2) is 6.75. The highest BCUT2D eigenvalue weighted by atomic mass is 32.2. The average Bonchev–Trinajstić information content (AvgIpc) is 2.68. The first kappa shape index (κ1) is 16.2. The summed E-state index contributed by atoms with van der Waals surface area (Å²) in [5.74, 6) is 0.0151. The van der Waals surface area contributed by atoms with Gasteiger partial charge in [-0.2, -0.15) is 4.31 Å². The predicted octanol–water partition coefficient (Wildman–Crippen LogP) is 3.00. The normalized spacial score (nSPS) is 21.1. The molecule has 4 nitrogen and oxygen atoms in total. The van der Waals surface area contributed by atoms with Crippen molar-refractivity contribution in [2.24, 2.45) is 5.92 Å². The highest BCUT2D eigenvalue weighted by Crippen LogP contribution is 2.26. The number of halogens is 1. The molecule has 2 rings (SSSR count). The summed E-state index contributed by atoms with van der Waals surface area (Å²) >= 11 is 0. The zero-order valence-corrected chi connectivity index (χ0v) is 13.2.